The highest BCUT2D eigenvalue weighted by molar-refractivity contribution is 5.96. The van der Waals surface area contributed by atoms with Gasteiger partial charge in [-0.1, -0.05) is 26.0 Å². The van der Waals surface area contributed by atoms with Crippen molar-refractivity contribution in [3.63, 3.8) is 0 Å². The monoisotopic (exact) mass is 427 g/mol. The number of benzene rings is 1. The first-order valence-corrected chi connectivity index (χ1v) is 10.9. The summed E-state index contributed by atoms with van der Waals surface area (Å²) in [6, 6.07) is 10.1. The maximum atomic E-state index is 12.8. The molecule has 1 N–H and O–H groups in total. The average Bonchev–Trinajstić information content (AvgIpc) is 3.45. The number of amides is 1. The Labute approximate surface area is 185 Å². The summed E-state index contributed by atoms with van der Waals surface area (Å²) in [5, 5.41) is 7.76. The summed E-state index contributed by atoms with van der Waals surface area (Å²) in [4.78, 5) is 31.1. The first kappa shape index (κ1) is 20.2. The minimum Gasteiger partial charge on any atom is -0.313 e. The molecule has 0 unspecified atom stereocenters. The van der Waals surface area contributed by atoms with Gasteiger partial charge < -0.3 is 9.47 Å². The zero-order chi connectivity index (χ0) is 22.2. The number of pyridine rings is 2. The summed E-state index contributed by atoms with van der Waals surface area (Å²) in [6.45, 7) is 5.59. The van der Waals surface area contributed by atoms with Crippen molar-refractivity contribution >= 4 is 22.5 Å². The van der Waals surface area contributed by atoms with Crippen molar-refractivity contribution < 1.29 is 4.79 Å². The number of nitrogens with one attached hydrogen (secondary N) is 1. The number of hydrogen-bond donors (Lipinski definition) is 1. The molecule has 1 saturated heterocycles. The van der Waals surface area contributed by atoms with Crippen molar-refractivity contribution in [2.24, 2.45) is 5.92 Å². The Morgan fingerprint density at radius 3 is 2.53 bits per heavy atom. The zero-order valence-electron chi connectivity index (χ0n) is 18.2. The van der Waals surface area contributed by atoms with E-state index in [4.69, 9.17) is 0 Å². The predicted molar refractivity (Wildman–Crippen MR) is 125 cm³/mol. The molecule has 1 aliphatic rings. The van der Waals surface area contributed by atoms with Crippen LogP contribution in [0.4, 0.5) is 5.69 Å². The van der Waals surface area contributed by atoms with Gasteiger partial charge in [0.15, 0.2) is 0 Å². The fourth-order valence-corrected chi connectivity index (χ4v) is 4.34. The third kappa shape index (κ3) is 3.60. The van der Waals surface area contributed by atoms with E-state index in [0.29, 0.717) is 24.4 Å². The number of H-pyrrole nitrogens is 1. The maximum Gasteiger partial charge on any atom is 0.276 e. The van der Waals surface area contributed by atoms with Crippen LogP contribution in [0.2, 0.25) is 0 Å². The Morgan fingerprint density at radius 1 is 1.03 bits per heavy atom. The second-order valence-electron chi connectivity index (χ2n) is 8.71. The summed E-state index contributed by atoms with van der Waals surface area (Å²) in [6.07, 6.45) is 8.77. The van der Waals surface area contributed by atoms with E-state index in [1.54, 1.807) is 10.8 Å². The predicted octanol–water partition coefficient (Wildman–Crippen LogP) is 4.24. The molecule has 0 bridgehead atoms. The van der Waals surface area contributed by atoms with Gasteiger partial charge >= 0.3 is 0 Å². The molecule has 0 radical (unpaired) electrons. The van der Waals surface area contributed by atoms with E-state index in [1.807, 2.05) is 47.8 Å². The van der Waals surface area contributed by atoms with Gasteiger partial charge in [-0.05, 0) is 36.1 Å². The molecule has 0 atom stereocenters. The molecular formula is C25H25N5O2. The number of carbonyl (C=O) groups is 1. The van der Waals surface area contributed by atoms with E-state index in [9.17, 15) is 9.59 Å². The van der Waals surface area contributed by atoms with Gasteiger partial charge in [-0.2, -0.15) is 5.10 Å². The lowest BCUT2D eigenvalue weighted by Gasteiger charge is -2.16. The third-order valence-corrected chi connectivity index (χ3v) is 5.89. The normalized spacial score (nSPS) is 14.1. The molecule has 0 saturated carbocycles. The van der Waals surface area contributed by atoms with Crippen LogP contribution in [0.1, 0.15) is 26.7 Å². The number of fused-ring (bicyclic) bond motifs is 1. The van der Waals surface area contributed by atoms with Gasteiger partial charge in [-0.15, -0.1) is 0 Å². The Balaban J connectivity index is 1.54. The number of rotatable bonds is 5. The van der Waals surface area contributed by atoms with Crippen molar-refractivity contribution in [2.45, 2.75) is 33.2 Å². The molecule has 3 aromatic heterocycles. The number of nitrogens with zero attached hydrogens (tertiary/aromatic N) is 4. The molecule has 32 heavy (non-hydrogen) atoms. The highest BCUT2D eigenvalue weighted by atomic mass is 16.2. The number of carbonyl (C=O) groups excluding carboxylic acids is 1. The topological polar surface area (TPSA) is 83.9 Å². The lowest BCUT2D eigenvalue weighted by molar-refractivity contribution is -0.117. The minimum atomic E-state index is -0.0638. The Hall–Kier alpha value is -3.74. The lowest BCUT2D eigenvalue weighted by Crippen LogP contribution is -2.23. The van der Waals surface area contributed by atoms with Crippen molar-refractivity contribution in [3.8, 4) is 22.3 Å². The summed E-state index contributed by atoms with van der Waals surface area (Å²) >= 11 is 0. The van der Waals surface area contributed by atoms with Gasteiger partial charge in [0.05, 0.1) is 6.20 Å². The molecule has 7 nitrogen and oxygen atoms in total. The molecule has 5 rings (SSSR count). The zero-order valence-corrected chi connectivity index (χ0v) is 18.2. The lowest BCUT2D eigenvalue weighted by atomic mass is 10.0. The van der Waals surface area contributed by atoms with E-state index >= 15 is 0 Å². The number of anilines is 1. The SMILES string of the molecule is CC(C)Cn1cc(-c2cncc(-c3ccc(N4CCCC4=O)cc3)c2)c2cn[nH]c2c1=O. The summed E-state index contributed by atoms with van der Waals surface area (Å²) in [7, 11) is 0. The van der Waals surface area contributed by atoms with Crippen LogP contribution in [0.15, 0.2) is 59.9 Å². The average molecular weight is 428 g/mol. The minimum absolute atomic E-state index is 0.0638. The van der Waals surface area contributed by atoms with Crippen LogP contribution in [0, 0.1) is 5.92 Å². The fourth-order valence-electron chi connectivity index (χ4n) is 4.34. The van der Waals surface area contributed by atoms with Gasteiger partial charge in [0, 0.05) is 65.9 Å². The van der Waals surface area contributed by atoms with Crippen molar-refractivity contribution in [3.05, 3.63) is 65.5 Å². The van der Waals surface area contributed by atoms with E-state index < -0.39 is 0 Å². The summed E-state index contributed by atoms with van der Waals surface area (Å²) in [5.74, 6) is 0.522. The van der Waals surface area contributed by atoms with Crippen molar-refractivity contribution in [1.82, 2.24) is 19.7 Å². The van der Waals surface area contributed by atoms with Crippen molar-refractivity contribution in [1.29, 1.82) is 0 Å². The molecule has 4 heterocycles. The molecule has 1 aliphatic heterocycles. The Kier molecular flexibility index (Phi) is 5.09. The number of aromatic nitrogens is 4. The van der Waals surface area contributed by atoms with Gasteiger partial charge in [0.25, 0.3) is 5.56 Å². The highest BCUT2D eigenvalue weighted by Gasteiger charge is 2.21. The van der Waals surface area contributed by atoms with Crippen LogP contribution in [0.5, 0.6) is 0 Å². The van der Waals surface area contributed by atoms with Crippen molar-refractivity contribution in [2.75, 3.05) is 11.4 Å². The van der Waals surface area contributed by atoms with Crippen LogP contribution >= 0.6 is 0 Å². The molecule has 7 heteroatoms. The van der Waals surface area contributed by atoms with Crippen LogP contribution in [-0.2, 0) is 11.3 Å². The highest BCUT2D eigenvalue weighted by Crippen LogP contribution is 2.30. The van der Waals surface area contributed by atoms with Crippen LogP contribution in [-0.4, -0.2) is 32.2 Å². The van der Waals surface area contributed by atoms with E-state index in [2.05, 4.69) is 35.1 Å². The largest absolute Gasteiger partial charge is 0.313 e. The standard InChI is InChI=1S/C25H25N5O2/c1-16(2)14-29-15-22(21-13-27-28-24(21)25(29)32)19-10-18(11-26-12-19)17-5-7-20(8-6-17)30-9-3-4-23(30)31/h5-8,10-13,15-16H,3-4,9,14H2,1-2H3,(H,27,28). The fraction of sp³-hybridized carbons (Fsp3) is 0.280. The van der Waals surface area contributed by atoms with Crippen LogP contribution < -0.4 is 10.5 Å². The second-order valence-corrected chi connectivity index (χ2v) is 8.71. The molecule has 162 valence electrons. The van der Waals surface area contributed by atoms with Gasteiger partial charge in [0.1, 0.15) is 5.52 Å². The smallest absolute Gasteiger partial charge is 0.276 e. The molecule has 1 aromatic carbocycles. The second kappa shape index (κ2) is 8.07. The molecule has 0 spiro atoms. The van der Waals surface area contributed by atoms with Gasteiger partial charge in [-0.3, -0.25) is 19.7 Å². The molecule has 0 aliphatic carbocycles. The Morgan fingerprint density at radius 2 is 1.81 bits per heavy atom. The maximum absolute atomic E-state index is 12.8. The molecule has 1 fully saturated rings. The summed E-state index contributed by atoms with van der Waals surface area (Å²) < 4.78 is 1.75. The number of hydrogen-bond acceptors (Lipinski definition) is 4. The first-order valence-electron chi connectivity index (χ1n) is 10.9. The quantitative estimate of drug-likeness (QED) is 0.516. The number of aromatic amines is 1. The van der Waals surface area contributed by atoms with Crippen LogP contribution in [0.25, 0.3) is 33.2 Å². The Bertz CT molecular complexity index is 1350. The molecule has 1 amide bonds. The summed E-state index contributed by atoms with van der Waals surface area (Å²) in [5.41, 5.74) is 5.21. The van der Waals surface area contributed by atoms with E-state index in [1.165, 1.54) is 0 Å². The van der Waals surface area contributed by atoms with Gasteiger partial charge in [-0.25, -0.2) is 0 Å². The molecule has 4 aromatic rings. The first-order chi connectivity index (χ1) is 15.5. The van der Waals surface area contributed by atoms with Crippen LogP contribution in [0.3, 0.4) is 0 Å². The van der Waals surface area contributed by atoms with Gasteiger partial charge in [0.2, 0.25) is 5.91 Å². The third-order valence-electron chi connectivity index (χ3n) is 5.89. The molecular weight excluding hydrogens is 402 g/mol. The van der Waals surface area contributed by atoms with E-state index in [-0.39, 0.29) is 11.5 Å². The van der Waals surface area contributed by atoms with E-state index in [0.717, 1.165) is 46.3 Å².